The number of hydrogen-bond donors (Lipinski definition) is 0. The van der Waals surface area contributed by atoms with Crippen molar-refractivity contribution >= 4 is 0 Å². The van der Waals surface area contributed by atoms with E-state index in [0.29, 0.717) is 0 Å². The normalized spacial score (nSPS) is 45.0. The van der Waals surface area contributed by atoms with E-state index in [2.05, 4.69) is 41.5 Å². The summed E-state index contributed by atoms with van der Waals surface area (Å²) in [4.78, 5) is 0. The lowest BCUT2D eigenvalue weighted by Gasteiger charge is -2.31. The summed E-state index contributed by atoms with van der Waals surface area (Å²) < 4.78 is 0. The minimum absolute atomic E-state index is 0.971. The molecule has 0 N–H and O–H groups in total. The highest BCUT2D eigenvalue weighted by Gasteiger charge is 2.23. The standard InChI is InChI=1S/2C9H18/c1-7-4-5-8(2)9(3)6-7;1-7-5-4-6-8(2)9(7)3/h2*7-9H,4-6H2,1-3H3. The zero-order valence-corrected chi connectivity index (χ0v) is 13.7. The fraction of sp³-hybridized carbons (Fsp3) is 1.00. The number of hydrogen-bond acceptors (Lipinski definition) is 0. The van der Waals surface area contributed by atoms with Gasteiger partial charge in [-0.3, -0.25) is 0 Å². The van der Waals surface area contributed by atoms with Gasteiger partial charge in [-0.1, -0.05) is 73.6 Å². The topological polar surface area (TPSA) is 0 Å². The van der Waals surface area contributed by atoms with E-state index in [9.17, 15) is 0 Å². The zero-order valence-electron chi connectivity index (χ0n) is 13.7. The molecule has 0 heterocycles. The van der Waals surface area contributed by atoms with Gasteiger partial charge in [-0.2, -0.15) is 0 Å². The van der Waals surface area contributed by atoms with Crippen LogP contribution in [0.15, 0.2) is 0 Å². The Morgan fingerprint density at radius 1 is 0.556 bits per heavy atom. The van der Waals surface area contributed by atoms with Gasteiger partial charge in [-0.15, -0.1) is 0 Å². The second-order valence-electron chi connectivity index (χ2n) is 7.62. The molecular formula is C18H36. The van der Waals surface area contributed by atoms with Crippen LogP contribution in [0.25, 0.3) is 0 Å². The number of rotatable bonds is 0. The summed E-state index contributed by atoms with van der Waals surface area (Å²) in [5.41, 5.74) is 0. The molecule has 0 nitrogen and oxygen atoms in total. The maximum Gasteiger partial charge on any atom is -0.0391 e. The van der Waals surface area contributed by atoms with Crippen LogP contribution < -0.4 is 0 Å². The van der Waals surface area contributed by atoms with E-state index in [1.807, 2.05) is 0 Å². The molecule has 108 valence electrons. The molecule has 0 spiro atoms. The molecule has 2 aliphatic carbocycles. The van der Waals surface area contributed by atoms with Crippen LogP contribution in [0, 0.1) is 35.5 Å². The van der Waals surface area contributed by atoms with Crippen LogP contribution in [0.2, 0.25) is 0 Å². The van der Waals surface area contributed by atoms with Crippen LogP contribution in [-0.2, 0) is 0 Å². The van der Waals surface area contributed by atoms with Gasteiger partial charge >= 0.3 is 0 Å². The summed E-state index contributed by atoms with van der Waals surface area (Å²) in [6, 6.07) is 0. The molecule has 5 atom stereocenters. The molecule has 0 aromatic rings. The van der Waals surface area contributed by atoms with Crippen LogP contribution in [0.5, 0.6) is 0 Å². The fourth-order valence-corrected chi connectivity index (χ4v) is 3.67. The Balaban J connectivity index is 0.000000180. The molecule has 0 amide bonds. The Morgan fingerprint density at radius 3 is 1.50 bits per heavy atom. The first-order valence-corrected chi connectivity index (χ1v) is 8.41. The summed E-state index contributed by atoms with van der Waals surface area (Å²) in [7, 11) is 0. The molecule has 18 heavy (non-hydrogen) atoms. The van der Waals surface area contributed by atoms with Crippen molar-refractivity contribution in [3.8, 4) is 0 Å². The van der Waals surface area contributed by atoms with E-state index in [4.69, 9.17) is 0 Å². The highest BCUT2D eigenvalue weighted by Crippen LogP contribution is 2.33. The van der Waals surface area contributed by atoms with Crippen molar-refractivity contribution < 1.29 is 0 Å². The average Bonchev–Trinajstić information content (AvgIpc) is 2.32. The van der Waals surface area contributed by atoms with Crippen LogP contribution >= 0.6 is 0 Å². The summed E-state index contributed by atoms with van der Waals surface area (Å²) in [6.45, 7) is 14.3. The summed E-state index contributed by atoms with van der Waals surface area (Å²) in [5, 5.41) is 0. The maximum atomic E-state index is 2.40. The van der Waals surface area contributed by atoms with E-state index >= 15 is 0 Å². The third-order valence-electron chi connectivity index (χ3n) is 5.97. The molecule has 2 rings (SSSR count). The molecule has 2 fully saturated rings. The van der Waals surface area contributed by atoms with Crippen LogP contribution in [-0.4, -0.2) is 0 Å². The van der Waals surface area contributed by atoms with E-state index in [1.54, 1.807) is 0 Å². The molecule has 0 aromatic carbocycles. The first-order valence-electron chi connectivity index (χ1n) is 8.41. The van der Waals surface area contributed by atoms with Gasteiger partial charge in [0.1, 0.15) is 0 Å². The Bertz CT molecular complexity index is 210. The van der Waals surface area contributed by atoms with E-state index in [-0.39, 0.29) is 0 Å². The van der Waals surface area contributed by atoms with E-state index in [0.717, 1.165) is 35.5 Å². The van der Waals surface area contributed by atoms with Gasteiger partial charge in [0.2, 0.25) is 0 Å². The lowest BCUT2D eigenvalue weighted by atomic mass is 9.75. The lowest BCUT2D eigenvalue weighted by Crippen LogP contribution is -2.21. The third kappa shape index (κ3) is 4.94. The van der Waals surface area contributed by atoms with Crippen molar-refractivity contribution in [1.29, 1.82) is 0 Å². The van der Waals surface area contributed by atoms with Gasteiger partial charge in [0.15, 0.2) is 0 Å². The van der Waals surface area contributed by atoms with Crippen molar-refractivity contribution in [3.05, 3.63) is 0 Å². The van der Waals surface area contributed by atoms with E-state index in [1.165, 1.54) is 38.5 Å². The summed E-state index contributed by atoms with van der Waals surface area (Å²) >= 11 is 0. The first-order chi connectivity index (χ1) is 8.41. The molecule has 5 unspecified atom stereocenters. The molecule has 2 saturated carbocycles. The van der Waals surface area contributed by atoms with Crippen molar-refractivity contribution in [1.82, 2.24) is 0 Å². The van der Waals surface area contributed by atoms with Gasteiger partial charge in [0.25, 0.3) is 0 Å². The van der Waals surface area contributed by atoms with Crippen molar-refractivity contribution in [2.75, 3.05) is 0 Å². The van der Waals surface area contributed by atoms with Crippen LogP contribution in [0.4, 0.5) is 0 Å². The molecule has 0 saturated heterocycles. The Kier molecular flexibility index (Phi) is 6.74. The third-order valence-corrected chi connectivity index (χ3v) is 5.97. The Morgan fingerprint density at radius 2 is 1.11 bits per heavy atom. The maximum absolute atomic E-state index is 2.40. The second kappa shape index (κ2) is 7.56. The van der Waals surface area contributed by atoms with Crippen molar-refractivity contribution in [2.24, 2.45) is 35.5 Å². The summed E-state index contributed by atoms with van der Waals surface area (Å²) in [6.07, 6.45) is 8.78. The summed E-state index contributed by atoms with van der Waals surface area (Å²) in [5.74, 6) is 5.90. The quantitative estimate of drug-likeness (QED) is 0.484. The highest BCUT2D eigenvalue weighted by atomic mass is 14.3. The molecule has 0 aromatic heterocycles. The molecular weight excluding hydrogens is 216 g/mol. The van der Waals surface area contributed by atoms with Gasteiger partial charge < -0.3 is 0 Å². The molecule has 2 aliphatic rings. The molecule has 0 bridgehead atoms. The SMILES string of the molecule is CC1CCC(C)C(C)C1.CC1CCCC(C)C1C. The van der Waals surface area contributed by atoms with Gasteiger partial charge in [0, 0.05) is 0 Å². The van der Waals surface area contributed by atoms with Gasteiger partial charge in [-0.05, 0) is 41.9 Å². The highest BCUT2D eigenvalue weighted by molar-refractivity contribution is 4.73. The van der Waals surface area contributed by atoms with Crippen LogP contribution in [0.3, 0.4) is 0 Å². The van der Waals surface area contributed by atoms with Gasteiger partial charge in [0.05, 0.1) is 0 Å². The molecule has 0 aliphatic heterocycles. The minimum Gasteiger partial charge on any atom is -0.0625 e. The van der Waals surface area contributed by atoms with E-state index < -0.39 is 0 Å². The lowest BCUT2D eigenvalue weighted by molar-refractivity contribution is 0.197. The Hall–Kier alpha value is 0. The minimum atomic E-state index is 0.971. The van der Waals surface area contributed by atoms with Gasteiger partial charge in [-0.25, -0.2) is 0 Å². The fourth-order valence-electron chi connectivity index (χ4n) is 3.67. The second-order valence-corrected chi connectivity index (χ2v) is 7.62. The predicted octanol–water partition coefficient (Wildman–Crippen LogP) is 6.16. The Labute approximate surface area is 116 Å². The zero-order chi connectivity index (χ0) is 13.7. The monoisotopic (exact) mass is 252 g/mol. The largest absolute Gasteiger partial charge is 0.0625 e. The smallest absolute Gasteiger partial charge is 0.0391 e. The predicted molar refractivity (Wildman–Crippen MR) is 82.7 cm³/mol. The van der Waals surface area contributed by atoms with Crippen molar-refractivity contribution in [3.63, 3.8) is 0 Å². The first kappa shape index (κ1) is 16.1. The average molecular weight is 252 g/mol. The molecule has 0 heteroatoms. The molecule has 0 radical (unpaired) electrons. The van der Waals surface area contributed by atoms with Crippen LogP contribution in [0.1, 0.15) is 80.1 Å². The van der Waals surface area contributed by atoms with Crippen molar-refractivity contribution in [2.45, 2.75) is 80.1 Å².